The lowest BCUT2D eigenvalue weighted by atomic mass is 9.98. The van der Waals surface area contributed by atoms with Crippen LogP contribution in [0.5, 0.6) is 0 Å². The molecule has 2 amide bonds. The number of benzene rings is 2. The normalized spacial score (nSPS) is 19.6. The van der Waals surface area contributed by atoms with Crippen LogP contribution >= 0.6 is 0 Å². The zero-order valence-electron chi connectivity index (χ0n) is 19.9. The Bertz CT molecular complexity index is 1040. The molecule has 9 heteroatoms. The average Bonchev–Trinajstić information content (AvgIpc) is 3.43. The van der Waals surface area contributed by atoms with Crippen LogP contribution < -0.4 is 10.6 Å². The first-order valence-corrected chi connectivity index (χ1v) is 11.7. The van der Waals surface area contributed by atoms with Crippen LogP contribution in [0.15, 0.2) is 48.5 Å². The molecule has 1 fully saturated rings. The molecule has 186 valence electrons. The van der Waals surface area contributed by atoms with Gasteiger partial charge in [0, 0.05) is 31.5 Å². The van der Waals surface area contributed by atoms with Crippen molar-refractivity contribution < 1.29 is 29.0 Å². The molecule has 1 aliphatic carbocycles. The van der Waals surface area contributed by atoms with E-state index in [1.807, 2.05) is 36.4 Å². The van der Waals surface area contributed by atoms with Crippen molar-refractivity contribution in [3.8, 4) is 11.1 Å². The van der Waals surface area contributed by atoms with Crippen molar-refractivity contribution in [2.24, 2.45) is 5.92 Å². The predicted molar refractivity (Wildman–Crippen MR) is 129 cm³/mol. The van der Waals surface area contributed by atoms with Gasteiger partial charge >= 0.3 is 12.1 Å². The fraction of sp³-hybridized carbons (Fsp3) is 0.423. The lowest BCUT2D eigenvalue weighted by Gasteiger charge is -2.23. The number of amides is 2. The van der Waals surface area contributed by atoms with Crippen LogP contribution in [0, 0.1) is 5.92 Å². The number of carbonyl (C=O) groups excluding carboxylic acids is 2. The SMILES string of the molecule is CN(C)CC(NC(=O)OCC1c2ccccc2-c2ccccc21)C(=O)NCC1CCOC1C(=O)O. The van der Waals surface area contributed by atoms with E-state index in [0.717, 1.165) is 22.3 Å². The minimum Gasteiger partial charge on any atom is -0.479 e. The van der Waals surface area contributed by atoms with Gasteiger partial charge in [-0.1, -0.05) is 48.5 Å². The third-order valence-electron chi connectivity index (χ3n) is 6.50. The van der Waals surface area contributed by atoms with Gasteiger partial charge in [-0.3, -0.25) is 4.79 Å². The van der Waals surface area contributed by atoms with Crippen molar-refractivity contribution >= 4 is 18.0 Å². The number of fused-ring (bicyclic) bond motifs is 3. The maximum absolute atomic E-state index is 12.8. The maximum atomic E-state index is 12.8. The Hall–Kier alpha value is -3.43. The van der Waals surface area contributed by atoms with E-state index in [-0.39, 0.29) is 31.5 Å². The van der Waals surface area contributed by atoms with E-state index in [9.17, 15) is 19.5 Å². The molecule has 1 heterocycles. The molecule has 0 spiro atoms. The first kappa shape index (κ1) is 24.7. The van der Waals surface area contributed by atoms with Gasteiger partial charge in [-0.15, -0.1) is 0 Å². The highest BCUT2D eigenvalue weighted by atomic mass is 16.5. The summed E-state index contributed by atoms with van der Waals surface area (Å²) in [7, 11) is 3.59. The molecule has 3 atom stereocenters. The molecule has 1 aliphatic heterocycles. The molecule has 0 aromatic heterocycles. The molecule has 0 bridgehead atoms. The first-order chi connectivity index (χ1) is 16.8. The number of hydrogen-bond donors (Lipinski definition) is 3. The van der Waals surface area contributed by atoms with E-state index < -0.39 is 30.1 Å². The van der Waals surface area contributed by atoms with Gasteiger partial charge in [-0.25, -0.2) is 9.59 Å². The van der Waals surface area contributed by atoms with Crippen molar-refractivity contribution in [3.05, 3.63) is 59.7 Å². The number of likely N-dealkylation sites (N-methyl/N-ethyl adjacent to an activating group) is 1. The monoisotopic (exact) mass is 481 g/mol. The Labute approximate surface area is 204 Å². The van der Waals surface area contributed by atoms with Gasteiger partial charge in [-0.05, 0) is 42.8 Å². The molecular formula is C26H31N3O6. The summed E-state index contributed by atoms with van der Waals surface area (Å²) in [6, 6.07) is 15.3. The maximum Gasteiger partial charge on any atom is 0.407 e. The topological polar surface area (TPSA) is 117 Å². The number of carboxylic acid groups (broad SMARTS) is 1. The second-order valence-corrected chi connectivity index (χ2v) is 9.21. The average molecular weight is 482 g/mol. The minimum atomic E-state index is -1.04. The summed E-state index contributed by atoms with van der Waals surface area (Å²) in [4.78, 5) is 38.6. The van der Waals surface area contributed by atoms with Crippen LogP contribution in [0.3, 0.4) is 0 Å². The van der Waals surface area contributed by atoms with Gasteiger partial charge in [0.1, 0.15) is 12.6 Å². The summed E-state index contributed by atoms with van der Waals surface area (Å²) < 4.78 is 10.8. The van der Waals surface area contributed by atoms with Gasteiger partial charge in [0.25, 0.3) is 0 Å². The smallest absolute Gasteiger partial charge is 0.407 e. The number of rotatable bonds is 9. The first-order valence-electron chi connectivity index (χ1n) is 11.7. The third-order valence-corrected chi connectivity index (χ3v) is 6.50. The fourth-order valence-corrected chi connectivity index (χ4v) is 4.81. The molecule has 9 nitrogen and oxygen atoms in total. The number of hydrogen-bond acceptors (Lipinski definition) is 6. The summed E-state index contributed by atoms with van der Waals surface area (Å²) in [5.74, 6) is -1.83. The van der Waals surface area contributed by atoms with E-state index in [0.29, 0.717) is 13.0 Å². The molecule has 3 N–H and O–H groups in total. The molecular weight excluding hydrogens is 450 g/mol. The largest absolute Gasteiger partial charge is 0.479 e. The molecule has 0 radical (unpaired) electrons. The second-order valence-electron chi connectivity index (χ2n) is 9.21. The number of carbonyl (C=O) groups is 3. The van der Waals surface area contributed by atoms with Crippen LogP contribution in [-0.4, -0.2) is 80.5 Å². The summed E-state index contributed by atoms with van der Waals surface area (Å²) in [5, 5.41) is 14.7. The van der Waals surface area contributed by atoms with Crippen molar-refractivity contribution in [1.82, 2.24) is 15.5 Å². The molecule has 3 unspecified atom stereocenters. The van der Waals surface area contributed by atoms with Gasteiger partial charge in [0.05, 0.1) is 0 Å². The molecule has 2 aromatic rings. The summed E-state index contributed by atoms with van der Waals surface area (Å²) in [6.45, 7) is 0.915. The highest BCUT2D eigenvalue weighted by molar-refractivity contribution is 5.86. The van der Waals surface area contributed by atoms with E-state index in [1.54, 1.807) is 19.0 Å². The summed E-state index contributed by atoms with van der Waals surface area (Å²) in [5.41, 5.74) is 4.49. The van der Waals surface area contributed by atoms with Gasteiger partial charge in [0.2, 0.25) is 5.91 Å². The van der Waals surface area contributed by atoms with E-state index >= 15 is 0 Å². The highest BCUT2D eigenvalue weighted by Gasteiger charge is 2.35. The summed E-state index contributed by atoms with van der Waals surface area (Å²) >= 11 is 0. The van der Waals surface area contributed by atoms with Crippen LogP contribution in [-0.2, 0) is 19.1 Å². The Morgan fingerprint density at radius 3 is 2.31 bits per heavy atom. The molecule has 35 heavy (non-hydrogen) atoms. The molecule has 4 rings (SSSR count). The van der Waals surface area contributed by atoms with Crippen molar-refractivity contribution in [2.75, 3.05) is 40.4 Å². The lowest BCUT2D eigenvalue weighted by Crippen LogP contribution is -2.53. The third kappa shape index (κ3) is 5.63. The lowest BCUT2D eigenvalue weighted by molar-refractivity contribution is -0.149. The number of carboxylic acids is 1. The van der Waals surface area contributed by atoms with Crippen LogP contribution in [0.1, 0.15) is 23.5 Å². The van der Waals surface area contributed by atoms with Crippen LogP contribution in [0.25, 0.3) is 11.1 Å². The summed E-state index contributed by atoms with van der Waals surface area (Å²) in [6.07, 6.45) is -1.06. The van der Waals surface area contributed by atoms with Gasteiger partial charge in [-0.2, -0.15) is 0 Å². The Morgan fingerprint density at radius 1 is 1.09 bits per heavy atom. The quantitative estimate of drug-likeness (QED) is 0.502. The van der Waals surface area contributed by atoms with Gasteiger partial charge in [0.15, 0.2) is 6.10 Å². The molecule has 0 saturated carbocycles. The Kier molecular flexibility index (Phi) is 7.67. The van der Waals surface area contributed by atoms with Crippen molar-refractivity contribution in [2.45, 2.75) is 24.5 Å². The molecule has 1 saturated heterocycles. The zero-order chi connectivity index (χ0) is 24.9. The predicted octanol–water partition coefficient (Wildman–Crippen LogP) is 2.06. The highest BCUT2D eigenvalue weighted by Crippen LogP contribution is 2.44. The fourth-order valence-electron chi connectivity index (χ4n) is 4.81. The van der Waals surface area contributed by atoms with Crippen molar-refractivity contribution in [1.29, 1.82) is 0 Å². The molecule has 2 aliphatic rings. The number of nitrogens with one attached hydrogen (secondary N) is 2. The number of ether oxygens (including phenoxy) is 2. The minimum absolute atomic E-state index is 0.0791. The van der Waals surface area contributed by atoms with Crippen LogP contribution in [0.2, 0.25) is 0 Å². The molecule has 2 aromatic carbocycles. The Balaban J connectivity index is 1.36. The number of nitrogens with zero attached hydrogens (tertiary/aromatic N) is 1. The van der Waals surface area contributed by atoms with E-state index in [2.05, 4.69) is 22.8 Å². The van der Waals surface area contributed by atoms with Crippen LogP contribution in [0.4, 0.5) is 4.79 Å². The second kappa shape index (κ2) is 10.9. The van der Waals surface area contributed by atoms with Crippen molar-refractivity contribution in [3.63, 3.8) is 0 Å². The zero-order valence-corrected chi connectivity index (χ0v) is 19.9. The van der Waals surface area contributed by atoms with E-state index in [4.69, 9.17) is 9.47 Å². The Morgan fingerprint density at radius 2 is 1.71 bits per heavy atom. The van der Waals surface area contributed by atoms with E-state index in [1.165, 1.54) is 0 Å². The number of alkyl carbamates (subject to hydrolysis) is 1. The van der Waals surface area contributed by atoms with Gasteiger partial charge < -0.3 is 30.1 Å². The number of aliphatic carboxylic acids is 1. The standard InChI is InChI=1S/C26H31N3O6/c1-29(2)14-22(24(30)27-13-16-11-12-34-23(16)25(31)32)28-26(33)35-15-21-19-9-5-3-7-17(19)18-8-4-6-10-20(18)21/h3-10,16,21-23H,11-15H2,1-2H3,(H,27,30)(H,28,33)(H,31,32).